The maximum absolute atomic E-state index is 11.8. The molecule has 0 amide bonds. The highest BCUT2D eigenvalue weighted by Gasteiger charge is 2.24. The van der Waals surface area contributed by atoms with Crippen LogP contribution in [0.25, 0.3) is 0 Å². The number of rotatable bonds is 3. The average molecular weight is 236 g/mol. The number of benzene rings is 1. The van der Waals surface area contributed by atoms with Gasteiger partial charge in [-0.15, -0.1) is 0 Å². The minimum Gasteiger partial charge on any atom is -0.228 e. The van der Waals surface area contributed by atoms with Gasteiger partial charge in [0.25, 0.3) is 0 Å². The molecule has 0 radical (unpaired) electrons. The molecule has 2 rings (SSSR count). The molecule has 1 unspecified atom stereocenters. The standard InChI is InChI=1S/C13H16O2S/c14-16(15)11-5-4-8-13(16)10-9-12-6-2-1-3-7-12/h1-4,6-8,13H,5,9-11H2. The fraction of sp³-hybridized carbons (Fsp3) is 0.385. The van der Waals surface area contributed by atoms with E-state index in [1.807, 2.05) is 42.5 Å². The van der Waals surface area contributed by atoms with E-state index in [0.717, 1.165) is 6.42 Å². The van der Waals surface area contributed by atoms with E-state index < -0.39 is 9.84 Å². The summed E-state index contributed by atoms with van der Waals surface area (Å²) in [4.78, 5) is 0. The second-order valence-corrected chi connectivity index (χ2v) is 6.49. The highest BCUT2D eigenvalue weighted by Crippen LogP contribution is 2.18. The summed E-state index contributed by atoms with van der Waals surface area (Å²) in [6, 6.07) is 10.0. The van der Waals surface area contributed by atoms with Crippen molar-refractivity contribution in [2.24, 2.45) is 0 Å². The zero-order valence-electron chi connectivity index (χ0n) is 9.17. The zero-order valence-corrected chi connectivity index (χ0v) is 9.99. The summed E-state index contributed by atoms with van der Waals surface area (Å²) < 4.78 is 23.5. The number of hydrogen-bond donors (Lipinski definition) is 0. The molecule has 1 aliphatic rings. The van der Waals surface area contributed by atoms with Crippen molar-refractivity contribution in [2.75, 3.05) is 5.75 Å². The molecule has 16 heavy (non-hydrogen) atoms. The van der Waals surface area contributed by atoms with Gasteiger partial charge in [-0.1, -0.05) is 42.5 Å². The molecule has 0 bridgehead atoms. The third kappa shape index (κ3) is 2.73. The molecular formula is C13H16O2S. The molecule has 1 heterocycles. The molecule has 1 aliphatic heterocycles. The van der Waals surface area contributed by atoms with Gasteiger partial charge in [-0.25, -0.2) is 8.42 Å². The van der Waals surface area contributed by atoms with Gasteiger partial charge in [-0.05, 0) is 24.8 Å². The van der Waals surface area contributed by atoms with Crippen LogP contribution in [0.4, 0.5) is 0 Å². The first-order valence-corrected chi connectivity index (χ1v) is 7.32. The van der Waals surface area contributed by atoms with Crippen molar-refractivity contribution in [3.63, 3.8) is 0 Å². The van der Waals surface area contributed by atoms with E-state index in [1.165, 1.54) is 5.56 Å². The Bertz CT molecular complexity index is 460. The largest absolute Gasteiger partial charge is 0.228 e. The lowest BCUT2D eigenvalue weighted by atomic mass is 10.1. The van der Waals surface area contributed by atoms with E-state index >= 15 is 0 Å². The highest BCUT2D eigenvalue weighted by atomic mass is 32.2. The third-order valence-electron chi connectivity index (χ3n) is 2.94. The Morgan fingerprint density at radius 2 is 1.94 bits per heavy atom. The number of allylic oxidation sites excluding steroid dienone is 1. The van der Waals surface area contributed by atoms with Crippen LogP contribution in [0.2, 0.25) is 0 Å². The van der Waals surface area contributed by atoms with Gasteiger partial charge in [-0.3, -0.25) is 0 Å². The van der Waals surface area contributed by atoms with Crippen LogP contribution < -0.4 is 0 Å². The summed E-state index contributed by atoms with van der Waals surface area (Å²) in [5, 5.41) is -0.276. The number of hydrogen-bond acceptors (Lipinski definition) is 2. The van der Waals surface area contributed by atoms with Gasteiger partial charge in [-0.2, -0.15) is 0 Å². The van der Waals surface area contributed by atoms with E-state index in [2.05, 4.69) is 0 Å². The number of aryl methyl sites for hydroxylation is 1. The Hall–Kier alpha value is -1.09. The maximum atomic E-state index is 11.8. The van der Waals surface area contributed by atoms with Crippen LogP contribution in [0.5, 0.6) is 0 Å². The van der Waals surface area contributed by atoms with Crippen molar-refractivity contribution < 1.29 is 8.42 Å². The molecule has 0 fully saturated rings. The summed E-state index contributed by atoms with van der Waals surface area (Å²) in [6.07, 6.45) is 6.03. The van der Waals surface area contributed by atoms with E-state index in [0.29, 0.717) is 18.6 Å². The van der Waals surface area contributed by atoms with Gasteiger partial charge in [0.1, 0.15) is 0 Å². The Balaban J connectivity index is 2.00. The van der Waals surface area contributed by atoms with Crippen LogP contribution in [0.1, 0.15) is 18.4 Å². The highest BCUT2D eigenvalue weighted by molar-refractivity contribution is 7.92. The predicted octanol–water partition coefficient (Wildman–Crippen LogP) is 2.36. The van der Waals surface area contributed by atoms with Crippen molar-refractivity contribution >= 4 is 9.84 Å². The molecule has 0 saturated heterocycles. The zero-order chi connectivity index (χ0) is 11.4. The summed E-state index contributed by atoms with van der Waals surface area (Å²) in [5.74, 6) is 0.308. The van der Waals surface area contributed by atoms with Gasteiger partial charge in [0.05, 0.1) is 11.0 Å². The second kappa shape index (κ2) is 4.83. The van der Waals surface area contributed by atoms with Gasteiger partial charge < -0.3 is 0 Å². The van der Waals surface area contributed by atoms with Crippen LogP contribution in [-0.2, 0) is 16.3 Å². The second-order valence-electron chi connectivity index (χ2n) is 4.15. The first-order valence-electron chi connectivity index (χ1n) is 5.61. The normalized spacial score (nSPS) is 23.1. The molecule has 3 heteroatoms. The van der Waals surface area contributed by atoms with Gasteiger partial charge in [0, 0.05) is 0 Å². The first kappa shape index (κ1) is 11.4. The van der Waals surface area contributed by atoms with Gasteiger partial charge in [0.15, 0.2) is 9.84 Å². The monoisotopic (exact) mass is 236 g/mol. The van der Waals surface area contributed by atoms with Crippen molar-refractivity contribution in [3.8, 4) is 0 Å². The summed E-state index contributed by atoms with van der Waals surface area (Å²) >= 11 is 0. The average Bonchev–Trinajstić information content (AvgIpc) is 2.28. The van der Waals surface area contributed by atoms with E-state index in [9.17, 15) is 8.42 Å². The molecule has 1 aromatic rings. The number of sulfone groups is 1. The third-order valence-corrected chi connectivity index (χ3v) is 5.06. The predicted molar refractivity (Wildman–Crippen MR) is 66.1 cm³/mol. The van der Waals surface area contributed by atoms with Crippen molar-refractivity contribution in [1.29, 1.82) is 0 Å². The van der Waals surface area contributed by atoms with Crippen LogP contribution >= 0.6 is 0 Å². The van der Waals surface area contributed by atoms with Crippen molar-refractivity contribution in [3.05, 3.63) is 48.0 Å². The molecule has 0 saturated carbocycles. The van der Waals surface area contributed by atoms with E-state index in [4.69, 9.17) is 0 Å². The Morgan fingerprint density at radius 3 is 2.62 bits per heavy atom. The van der Waals surface area contributed by atoms with Gasteiger partial charge in [0.2, 0.25) is 0 Å². The first-order chi connectivity index (χ1) is 7.68. The van der Waals surface area contributed by atoms with Crippen LogP contribution in [-0.4, -0.2) is 19.4 Å². The lowest BCUT2D eigenvalue weighted by molar-refractivity contribution is 0.580. The van der Waals surface area contributed by atoms with Gasteiger partial charge >= 0.3 is 0 Å². The molecule has 0 spiro atoms. The molecular weight excluding hydrogens is 220 g/mol. The fourth-order valence-electron chi connectivity index (χ4n) is 1.98. The Kier molecular flexibility index (Phi) is 3.44. The maximum Gasteiger partial charge on any atom is 0.157 e. The lowest BCUT2D eigenvalue weighted by Gasteiger charge is -2.17. The van der Waals surface area contributed by atoms with Crippen molar-refractivity contribution in [1.82, 2.24) is 0 Å². The molecule has 1 aromatic carbocycles. The minimum atomic E-state index is -2.88. The Morgan fingerprint density at radius 1 is 1.19 bits per heavy atom. The molecule has 2 nitrogen and oxygen atoms in total. The molecule has 86 valence electrons. The minimum absolute atomic E-state index is 0.276. The SMILES string of the molecule is O=S1(=O)CCC=CC1CCc1ccccc1. The van der Waals surface area contributed by atoms with E-state index in [-0.39, 0.29) is 5.25 Å². The summed E-state index contributed by atoms with van der Waals surface area (Å²) in [5.41, 5.74) is 1.21. The summed E-state index contributed by atoms with van der Waals surface area (Å²) in [6.45, 7) is 0. The molecule has 1 atom stereocenters. The topological polar surface area (TPSA) is 34.1 Å². The molecule has 0 aromatic heterocycles. The molecule has 0 N–H and O–H groups in total. The Labute approximate surface area is 96.9 Å². The van der Waals surface area contributed by atoms with E-state index in [1.54, 1.807) is 0 Å². The van der Waals surface area contributed by atoms with Crippen LogP contribution in [0.15, 0.2) is 42.5 Å². The lowest BCUT2D eigenvalue weighted by Crippen LogP contribution is -2.25. The fourth-order valence-corrected chi connectivity index (χ4v) is 3.58. The smallest absolute Gasteiger partial charge is 0.157 e. The van der Waals surface area contributed by atoms with Crippen molar-refractivity contribution in [2.45, 2.75) is 24.5 Å². The van der Waals surface area contributed by atoms with Crippen LogP contribution in [0.3, 0.4) is 0 Å². The quantitative estimate of drug-likeness (QED) is 0.755. The van der Waals surface area contributed by atoms with Crippen LogP contribution in [0, 0.1) is 0 Å². The summed E-state index contributed by atoms with van der Waals surface area (Å²) in [7, 11) is -2.88. The molecule has 0 aliphatic carbocycles.